The minimum Gasteiger partial charge on any atom is -0.459 e. The summed E-state index contributed by atoms with van der Waals surface area (Å²) in [4.78, 5) is 6.71. The highest BCUT2D eigenvalue weighted by Crippen LogP contribution is 2.43. The van der Waals surface area contributed by atoms with Crippen molar-refractivity contribution in [2.45, 2.75) is 12.1 Å². The second-order valence-electron chi connectivity index (χ2n) is 8.61. The van der Waals surface area contributed by atoms with Crippen LogP contribution in [-0.2, 0) is 0 Å². The maximum absolute atomic E-state index is 6.44. The molecule has 3 aromatic carbocycles. The molecule has 5 nitrogen and oxygen atoms in total. The highest BCUT2D eigenvalue weighted by atomic mass is 79.9. The first-order chi connectivity index (χ1) is 18.2. The van der Waals surface area contributed by atoms with Crippen LogP contribution in [0.3, 0.4) is 0 Å². The van der Waals surface area contributed by atoms with Crippen molar-refractivity contribution >= 4 is 38.9 Å². The Labute approximate surface area is 228 Å². The highest BCUT2D eigenvalue weighted by Gasteiger charge is 2.42. The van der Waals surface area contributed by atoms with E-state index in [1.165, 1.54) is 0 Å². The molecule has 5 aromatic rings. The number of benzene rings is 3. The van der Waals surface area contributed by atoms with Gasteiger partial charge in [0.05, 0.1) is 11.7 Å². The Morgan fingerprint density at radius 3 is 2.27 bits per heavy atom. The zero-order chi connectivity index (χ0) is 25.2. The minimum absolute atomic E-state index is 0.183. The molecular weight excluding hydrogens is 546 g/mol. The molecule has 1 aliphatic heterocycles. The average Bonchev–Trinajstić information content (AvgIpc) is 3.55. The molecule has 1 N–H and O–H groups in total. The fourth-order valence-electron chi connectivity index (χ4n) is 4.50. The predicted molar refractivity (Wildman–Crippen MR) is 153 cm³/mol. The molecule has 0 bridgehead atoms. The summed E-state index contributed by atoms with van der Waals surface area (Å²) in [6, 6.07) is 35.2. The summed E-state index contributed by atoms with van der Waals surface area (Å²) in [7, 11) is 0. The number of hydrogen-bond donors (Lipinski definition) is 1. The average molecular weight is 568 g/mol. The van der Waals surface area contributed by atoms with Crippen LogP contribution in [0.5, 0.6) is 11.5 Å². The van der Waals surface area contributed by atoms with Crippen LogP contribution in [0.25, 0.3) is 11.3 Å². The van der Waals surface area contributed by atoms with Gasteiger partial charge in [-0.2, -0.15) is 0 Å². The lowest BCUT2D eigenvalue weighted by Gasteiger charge is -2.26. The molecule has 6 rings (SSSR count). The van der Waals surface area contributed by atoms with Crippen LogP contribution in [0, 0.1) is 0 Å². The van der Waals surface area contributed by atoms with Crippen molar-refractivity contribution in [1.29, 1.82) is 0 Å². The van der Waals surface area contributed by atoms with Crippen molar-refractivity contribution in [3.05, 3.63) is 131 Å². The first-order valence-electron chi connectivity index (χ1n) is 11.8. The van der Waals surface area contributed by atoms with Gasteiger partial charge >= 0.3 is 0 Å². The maximum atomic E-state index is 6.44. The molecule has 2 atom stereocenters. The number of aromatic nitrogens is 1. The number of anilines is 1. The van der Waals surface area contributed by atoms with Crippen molar-refractivity contribution in [2.75, 3.05) is 4.90 Å². The van der Waals surface area contributed by atoms with E-state index in [1.807, 2.05) is 109 Å². The number of nitrogens with zero attached hydrogens (tertiary/aromatic N) is 2. The molecule has 1 aliphatic rings. The zero-order valence-electron chi connectivity index (χ0n) is 19.6. The number of ether oxygens (including phenoxy) is 1. The summed E-state index contributed by atoms with van der Waals surface area (Å²) in [6.07, 6.45) is 1.80. The van der Waals surface area contributed by atoms with Gasteiger partial charge in [-0.25, -0.2) is 0 Å². The molecule has 0 radical (unpaired) electrons. The summed E-state index contributed by atoms with van der Waals surface area (Å²) in [5.74, 6) is 3.14. The van der Waals surface area contributed by atoms with E-state index >= 15 is 0 Å². The lowest BCUT2D eigenvalue weighted by atomic mass is 10.0. The number of pyridine rings is 1. The van der Waals surface area contributed by atoms with Gasteiger partial charge in [0.1, 0.15) is 29.1 Å². The number of furan rings is 1. The van der Waals surface area contributed by atoms with Crippen LogP contribution >= 0.6 is 28.1 Å². The van der Waals surface area contributed by atoms with Crippen LogP contribution in [0.15, 0.2) is 124 Å². The second kappa shape index (κ2) is 10.2. The number of thiocarbonyl (C=S) groups is 1. The number of hydrogen-bond acceptors (Lipinski definition) is 4. The smallest absolute Gasteiger partial charge is 0.174 e. The van der Waals surface area contributed by atoms with Gasteiger partial charge in [-0.1, -0.05) is 52.3 Å². The van der Waals surface area contributed by atoms with E-state index in [9.17, 15) is 0 Å². The lowest BCUT2D eigenvalue weighted by molar-refractivity contribution is 0.439. The van der Waals surface area contributed by atoms with Crippen LogP contribution in [-0.4, -0.2) is 10.1 Å². The molecule has 1 saturated heterocycles. The van der Waals surface area contributed by atoms with Crippen molar-refractivity contribution in [2.24, 2.45) is 0 Å². The van der Waals surface area contributed by atoms with Gasteiger partial charge in [0, 0.05) is 21.9 Å². The van der Waals surface area contributed by atoms with Crippen LogP contribution in [0.2, 0.25) is 0 Å². The van der Waals surface area contributed by atoms with Gasteiger partial charge < -0.3 is 19.4 Å². The molecule has 0 saturated carbocycles. The van der Waals surface area contributed by atoms with Gasteiger partial charge in [0.15, 0.2) is 5.11 Å². The molecule has 0 aliphatic carbocycles. The SMILES string of the molecule is S=C1N[C@@H](c2ccccn2)[C@H](c2ccc(-c3ccc(Br)cc3)o2)N1c1ccc(Oc2ccccc2)cc1. The standard InChI is InChI=1S/C30H22BrN3O2S/c31-21-11-9-20(10-12-21)26-17-18-27(36-26)29-28(25-8-4-5-19-32-25)33-30(37)34(29)22-13-15-24(16-14-22)35-23-6-2-1-3-7-23/h1-19,28-29H,(H,33,37)/t28-,29-/m0/s1. The number of nitrogens with one attached hydrogen (secondary N) is 1. The molecule has 0 unspecified atom stereocenters. The summed E-state index contributed by atoms with van der Waals surface area (Å²) in [5, 5.41) is 4.09. The van der Waals surface area contributed by atoms with E-state index in [0.717, 1.165) is 44.4 Å². The predicted octanol–water partition coefficient (Wildman–Crippen LogP) is 8.07. The Bertz CT molecular complexity index is 1510. The Kier molecular flexibility index (Phi) is 6.47. The van der Waals surface area contributed by atoms with Crippen molar-refractivity contribution in [3.63, 3.8) is 0 Å². The largest absolute Gasteiger partial charge is 0.459 e. The van der Waals surface area contributed by atoms with E-state index in [1.54, 1.807) is 6.20 Å². The van der Waals surface area contributed by atoms with Gasteiger partial charge in [0.25, 0.3) is 0 Å². The Morgan fingerprint density at radius 1 is 0.811 bits per heavy atom. The fraction of sp³-hybridized carbons (Fsp3) is 0.0667. The van der Waals surface area contributed by atoms with Crippen LogP contribution in [0.4, 0.5) is 5.69 Å². The molecule has 3 heterocycles. The van der Waals surface area contributed by atoms with Gasteiger partial charge in [-0.3, -0.25) is 4.98 Å². The number of rotatable bonds is 6. The molecule has 0 spiro atoms. The summed E-state index contributed by atoms with van der Waals surface area (Å²) in [5.41, 5.74) is 2.83. The van der Waals surface area contributed by atoms with Gasteiger partial charge in [-0.05, 0) is 85.0 Å². The van der Waals surface area contributed by atoms with E-state index < -0.39 is 0 Å². The lowest BCUT2D eigenvalue weighted by Crippen LogP contribution is -2.29. The Hall–Kier alpha value is -3.94. The van der Waals surface area contributed by atoms with E-state index in [2.05, 4.69) is 31.1 Å². The van der Waals surface area contributed by atoms with E-state index in [0.29, 0.717) is 5.11 Å². The third kappa shape index (κ3) is 4.88. The molecule has 182 valence electrons. The summed E-state index contributed by atoms with van der Waals surface area (Å²) in [6.45, 7) is 0. The minimum atomic E-state index is -0.229. The second-order valence-corrected chi connectivity index (χ2v) is 9.92. The Morgan fingerprint density at radius 2 is 1.54 bits per heavy atom. The van der Waals surface area contributed by atoms with Gasteiger partial charge in [0.2, 0.25) is 0 Å². The van der Waals surface area contributed by atoms with Gasteiger partial charge in [-0.15, -0.1) is 0 Å². The highest BCUT2D eigenvalue weighted by molar-refractivity contribution is 9.10. The molecule has 37 heavy (non-hydrogen) atoms. The summed E-state index contributed by atoms with van der Waals surface area (Å²) < 4.78 is 13.4. The Balaban J connectivity index is 1.35. The topological polar surface area (TPSA) is 50.5 Å². The van der Waals surface area contributed by atoms with Crippen molar-refractivity contribution < 1.29 is 9.15 Å². The number of halogens is 1. The monoisotopic (exact) mass is 567 g/mol. The summed E-state index contributed by atoms with van der Waals surface area (Å²) >= 11 is 9.34. The van der Waals surface area contributed by atoms with Crippen LogP contribution < -0.4 is 15.0 Å². The van der Waals surface area contributed by atoms with Crippen molar-refractivity contribution in [3.8, 4) is 22.8 Å². The van der Waals surface area contributed by atoms with Crippen LogP contribution in [0.1, 0.15) is 23.5 Å². The molecule has 7 heteroatoms. The third-order valence-corrected chi connectivity index (χ3v) is 7.08. The van der Waals surface area contributed by atoms with E-state index in [-0.39, 0.29) is 12.1 Å². The first kappa shape index (κ1) is 23.5. The molecule has 2 aromatic heterocycles. The third-order valence-electron chi connectivity index (χ3n) is 6.24. The first-order valence-corrected chi connectivity index (χ1v) is 13.1. The molecular formula is C30H22BrN3O2S. The normalized spacial score (nSPS) is 17.0. The van der Waals surface area contributed by atoms with E-state index in [4.69, 9.17) is 21.4 Å². The maximum Gasteiger partial charge on any atom is 0.174 e. The quantitative estimate of drug-likeness (QED) is 0.209. The fourth-order valence-corrected chi connectivity index (χ4v) is 5.11. The zero-order valence-corrected chi connectivity index (χ0v) is 22.0. The number of para-hydroxylation sites is 1. The van der Waals surface area contributed by atoms with Crippen molar-refractivity contribution in [1.82, 2.24) is 10.3 Å². The molecule has 0 amide bonds. The molecule has 1 fully saturated rings.